The second kappa shape index (κ2) is 8.76. The summed E-state index contributed by atoms with van der Waals surface area (Å²) in [5.41, 5.74) is 0.429. The van der Waals surface area contributed by atoms with E-state index in [1.54, 1.807) is 6.07 Å². The molecule has 1 N–H and O–H groups in total. The van der Waals surface area contributed by atoms with Gasteiger partial charge in [-0.3, -0.25) is 4.79 Å². The van der Waals surface area contributed by atoms with Crippen LogP contribution in [0.1, 0.15) is 12.0 Å². The van der Waals surface area contributed by atoms with Crippen molar-refractivity contribution < 1.29 is 26.7 Å². The number of carbonyl (C=O) groups is 1. The smallest absolute Gasteiger partial charge is 0.243 e. The molecule has 0 spiro atoms. The van der Waals surface area contributed by atoms with Crippen LogP contribution in [-0.4, -0.2) is 44.9 Å². The number of rotatable bonds is 6. The van der Waals surface area contributed by atoms with Gasteiger partial charge in [0.05, 0.1) is 18.1 Å². The molecule has 2 aromatic carbocycles. The summed E-state index contributed by atoms with van der Waals surface area (Å²) in [5.74, 6) is -1.57. The van der Waals surface area contributed by atoms with Gasteiger partial charge in [0.1, 0.15) is 11.6 Å². The Hall–Kier alpha value is -2.36. The third-order valence-electron chi connectivity index (χ3n) is 4.35. The molecule has 0 bridgehead atoms. The highest BCUT2D eigenvalue weighted by atomic mass is 32.2. The molecule has 0 unspecified atom stereocenters. The van der Waals surface area contributed by atoms with Crippen molar-refractivity contribution in [3.05, 3.63) is 59.7 Å². The quantitative estimate of drug-likeness (QED) is 0.794. The molecular formula is C19H20F2N2O4S. The molecule has 6 nitrogen and oxygen atoms in total. The van der Waals surface area contributed by atoms with Crippen molar-refractivity contribution in [1.29, 1.82) is 0 Å². The molecule has 0 atom stereocenters. The van der Waals surface area contributed by atoms with E-state index in [0.29, 0.717) is 18.9 Å². The van der Waals surface area contributed by atoms with Gasteiger partial charge in [-0.2, -0.15) is 4.31 Å². The van der Waals surface area contributed by atoms with Crippen molar-refractivity contribution in [3.8, 4) is 0 Å². The zero-order valence-corrected chi connectivity index (χ0v) is 15.8. The molecule has 0 aliphatic carbocycles. The van der Waals surface area contributed by atoms with Crippen LogP contribution in [0.4, 0.5) is 14.5 Å². The number of hydrogen-bond acceptors (Lipinski definition) is 4. The van der Waals surface area contributed by atoms with E-state index >= 15 is 0 Å². The second-order valence-electron chi connectivity index (χ2n) is 6.33. The molecule has 1 saturated heterocycles. The van der Waals surface area contributed by atoms with E-state index in [2.05, 4.69) is 5.32 Å². The van der Waals surface area contributed by atoms with Gasteiger partial charge in [0.15, 0.2) is 0 Å². The van der Waals surface area contributed by atoms with Gasteiger partial charge < -0.3 is 10.1 Å². The van der Waals surface area contributed by atoms with Crippen molar-refractivity contribution >= 4 is 21.6 Å². The second-order valence-corrected chi connectivity index (χ2v) is 8.27. The van der Waals surface area contributed by atoms with E-state index in [9.17, 15) is 22.0 Å². The highest BCUT2D eigenvalue weighted by Gasteiger charge is 2.26. The number of nitrogens with zero attached hydrogens (tertiary/aromatic N) is 1. The lowest BCUT2D eigenvalue weighted by molar-refractivity contribution is -0.116. The minimum Gasteiger partial charge on any atom is -0.379 e. The Bertz CT molecular complexity index is 960. The third kappa shape index (κ3) is 4.92. The van der Waals surface area contributed by atoms with Crippen molar-refractivity contribution in [3.63, 3.8) is 0 Å². The van der Waals surface area contributed by atoms with Crippen LogP contribution in [0.15, 0.2) is 47.4 Å². The first-order valence-corrected chi connectivity index (χ1v) is 10.2. The largest absolute Gasteiger partial charge is 0.379 e. The first-order chi connectivity index (χ1) is 13.4. The number of aryl methyl sites for hydroxylation is 1. The Kier molecular flexibility index (Phi) is 6.38. The monoisotopic (exact) mass is 410 g/mol. The van der Waals surface area contributed by atoms with Gasteiger partial charge in [-0.05, 0) is 48.4 Å². The fourth-order valence-corrected chi connectivity index (χ4v) is 4.33. The van der Waals surface area contributed by atoms with Crippen LogP contribution >= 0.6 is 0 Å². The molecule has 1 aliphatic heterocycles. The molecule has 3 rings (SSSR count). The number of halogens is 2. The predicted molar refractivity (Wildman–Crippen MR) is 99.3 cm³/mol. The number of sulfonamides is 1. The summed E-state index contributed by atoms with van der Waals surface area (Å²) in [6.45, 7) is 1.23. The van der Waals surface area contributed by atoms with Crippen LogP contribution in [0.2, 0.25) is 0 Å². The number of benzene rings is 2. The number of morpholine rings is 1. The van der Waals surface area contributed by atoms with E-state index in [0.717, 1.165) is 18.2 Å². The summed E-state index contributed by atoms with van der Waals surface area (Å²) in [4.78, 5) is 12.2. The maximum absolute atomic E-state index is 13.6. The Morgan fingerprint density at radius 3 is 2.61 bits per heavy atom. The maximum atomic E-state index is 13.6. The van der Waals surface area contributed by atoms with Crippen LogP contribution in [0, 0.1) is 11.6 Å². The number of carbonyl (C=O) groups excluding carboxylic acids is 1. The Labute approximate surface area is 162 Å². The average Bonchev–Trinajstić information content (AvgIpc) is 2.69. The van der Waals surface area contributed by atoms with Crippen molar-refractivity contribution in [2.75, 3.05) is 31.6 Å². The summed E-state index contributed by atoms with van der Waals surface area (Å²) in [6.07, 6.45) is -0.0397. The molecular weight excluding hydrogens is 390 g/mol. The first-order valence-electron chi connectivity index (χ1n) is 8.78. The van der Waals surface area contributed by atoms with E-state index in [4.69, 9.17) is 4.74 Å². The molecule has 1 fully saturated rings. The fourth-order valence-electron chi connectivity index (χ4n) is 2.88. The van der Waals surface area contributed by atoms with Crippen molar-refractivity contribution in [2.45, 2.75) is 17.7 Å². The van der Waals surface area contributed by atoms with Crippen LogP contribution in [-0.2, 0) is 26.0 Å². The predicted octanol–water partition coefficient (Wildman–Crippen LogP) is 2.56. The van der Waals surface area contributed by atoms with E-state index < -0.39 is 27.6 Å². The van der Waals surface area contributed by atoms with Gasteiger partial charge in [0, 0.05) is 25.2 Å². The minimum absolute atomic E-state index is 0.0290. The summed E-state index contributed by atoms with van der Waals surface area (Å²) < 4.78 is 58.7. The van der Waals surface area contributed by atoms with Gasteiger partial charge in [-0.25, -0.2) is 17.2 Å². The Morgan fingerprint density at radius 2 is 1.86 bits per heavy atom. The van der Waals surface area contributed by atoms with Crippen molar-refractivity contribution in [1.82, 2.24) is 4.31 Å². The van der Waals surface area contributed by atoms with Gasteiger partial charge in [0.2, 0.25) is 15.9 Å². The summed E-state index contributed by atoms with van der Waals surface area (Å²) in [7, 11) is -3.68. The molecule has 28 heavy (non-hydrogen) atoms. The van der Waals surface area contributed by atoms with Crippen LogP contribution in [0.3, 0.4) is 0 Å². The van der Waals surface area contributed by atoms with E-state index in [1.165, 1.54) is 22.5 Å². The minimum atomic E-state index is -3.68. The lowest BCUT2D eigenvalue weighted by Gasteiger charge is -2.26. The molecule has 9 heteroatoms. The SMILES string of the molecule is O=C(CCc1cc(F)ccc1F)Nc1cccc(S(=O)(=O)N2CCOCC2)c1. The molecule has 0 radical (unpaired) electrons. The normalized spacial score (nSPS) is 15.4. The van der Waals surface area contributed by atoms with Crippen LogP contribution in [0.25, 0.3) is 0 Å². The molecule has 1 amide bonds. The first kappa shape index (κ1) is 20.4. The highest BCUT2D eigenvalue weighted by Crippen LogP contribution is 2.21. The zero-order valence-electron chi connectivity index (χ0n) is 15.0. The average molecular weight is 410 g/mol. The van der Waals surface area contributed by atoms with Crippen LogP contribution < -0.4 is 5.32 Å². The molecule has 1 heterocycles. The fraction of sp³-hybridized carbons (Fsp3) is 0.316. The number of ether oxygens (including phenoxy) is 1. The number of nitrogens with one attached hydrogen (secondary N) is 1. The van der Waals surface area contributed by atoms with E-state index in [1.807, 2.05) is 0 Å². The summed E-state index contributed by atoms with van der Waals surface area (Å²) >= 11 is 0. The summed E-state index contributed by atoms with van der Waals surface area (Å²) in [6, 6.07) is 9.03. The van der Waals surface area contributed by atoms with Gasteiger partial charge in [0.25, 0.3) is 0 Å². The van der Waals surface area contributed by atoms with Crippen molar-refractivity contribution in [2.24, 2.45) is 0 Å². The van der Waals surface area contributed by atoms with E-state index in [-0.39, 0.29) is 36.4 Å². The molecule has 1 aliphatic rings. The van der Waals surface area contributed by atoms with Gasteiger partial charge in [-0.1, -0.05) is 6.07 Å². The number of amides is 1. The zero-order chi connectivity index (χ0) is 20.1. The highest BCUT2D eigenvalue weighted by molar-refractivity contribution is 7.89. The lowest BCUT2D eigenvalue weighted by atomic mass is 10.1. The molecule has 2 aromatic rings. The lowest BCUT2D eigenvalue weighted by Crippen LogP contribution is -2.40. The Balaban J connectivity index is 1.65. The summed E-state index contributed by atoms with van der Waals surface area (Å²) in [5, 5.41) is 2.60. The maximum Gasteiger partial charge on any atom is 0.243 e. The number of hydrogen-bond donors (Lipinski definition) is 1. The molecule has 0 saturated carbocycles. The topological polar surface area (TPSA) is 75.7 Å². The molecule has 0 aromatic heterocycles. The third-order valence-corrected chi connectivity index (χ3v) is 6.25. The molecule has 150 valence electrons. The standard InChI is InChI=1S/C19H20F2N2O4S/c20-15-5-6-18(21)14(12-15)4-7-19(24)22-16-2-1-3-17(13-16)28(25,26)23-8-10-27-11-9-23/h1-3,5-6,12-13H,4,7-11H2,(H,22,24). The number of anilines is 1. The van der Waals surface area contributed by atoms with Crippen LogP contribution in [0.5, 0.6) is 0 Å². The van der Waals surface area contributed by atoms with Gasteiger partial charge >= 0.3 is 0 Å². The Morgan fingerprint density at radius 1 is 1.11 bits per heavy atom. The van der Waals surface area contributed by atoms with Gasteiger partial charge in [-0.15, -0.1) is 0 Å².